The number of hydrogen-bond donors (Lipinski definition) is 2. The second kappa shape index (κ2) is 4.12. The van der Waals surface area contributed by atoms with E-state index in [-0.39, 0.29) is 18.5 Å². The first-order valence-electron chi connectivity index (χ1n) is 4.51. The number of aromatic amines is 1. The number of nitrogens with one attached hydrogen (secondary N) is 1. The molecule has 15 heavy (non-hydrogen) atoms. The van der Waals surface area contributed by atoms with Crippen molar-refractivity contribution in [2.24, 2.45) is 0 Å². The van der Waals surface area contributed by atoms with Crippen molar-refractivity contribution in [2.75, 3.05) is 0 Å². The van der Waals surface area contributed by atoms with Crippen LogP contribution in [0.4, 0.5) is 0 Å². The number of carboxylic acids is 1. The van der Waals surface area contributed by atoms with Crippen LogP contribution >= 0.6 is 0 Å². The second-order valence-electron chi connectivity index (χ2n) is 3.15. The number of carbonyl (C=O) groups is 1. The molecule has 6 nitrogen and oxygen atoms in total. The smallest absolute Gasteiger partial charge is 0.328 e. The minimum atomic E-state index is -1.09. The summed E-state index contributed by atoms with van der Waals surface area (Å²) in [6.45, 7) is 3.39. The van der Waals surface area contributed by atoms with Gasteiger partial charge in [0.1, 0.15) is 0 Å². The topological polar surface area (TPSA) is 92.2 Å². The molecule has 0 atom stereocenters. The zero-order chi connectivity index (χ0) is 11.6. The Kier molecular flexibility index (Phi) is 3.08. The molecule has 1 rings (SSSR count). The Bertz CT molecular complexity index is 498. The van der Waals surface area contributed by atoms with Crippen molar-refractivity contribution in [3.8, 4) is 0 Å². The maximum absolute atomic E-state index is 11.7. The Morgan fingerprint density at radius 3 is 2.53 bits per heavy atom. The number of nitrogens with zero attached hydrogens (tertiary/aromatic N) is 1. The van der Waals surface area contributed by atoms with Crippen LogP contribution in [-0.4, -0.2) is 20.6 Å². The third kappa shape index (κ3) is 2.15. The van der Waals surface area contributed by atoms with Crippen molar-refractivity contribution >= 4 is 5.97 Å². The van der Waals surface area contributed by atoms with Crippen LogP contribution in [0.1, 0.15) is 18.2 Å². The predicted octanol–water partition coefficient (Wildman–Crippen LogP) is -0.508. The lowest BCUT2D eigenvalue weighted by Gasteiger charge is -2.06. The van der Waals surface area contributed by atoms with Crippen molar-refractivity contribution in [3.63, 3.8) is 0 Å². The summed E-state index contributed by atoms with van der Waals surface area (Å²) in [4.78, 5) is 35.9. The Morgan fingerprint density at radius 1 is 1.47 bits per heavy atom. The van der Waals surface area contributed by atoms with Crippen molar-refractivity contribution in [1.29, 1.82) is 0 Å². The van der Waals surface area contributed by atoms with E-state index >= 15 is 0 Å². The summed E-state index contributed by atoms with van der Waals surface area (Å²) in [5.74, 6) is -1.09. The number of H-pyrrole nitrogens is 1. The molecule has 0 spiro atoms. The summed E-state index contributed by atoms with van der Waals surface area (Å²) < 4.78 is 0.977. The first-order valence-corrected chi connectivity index (χ1v) is 4.51. The molecule has 0 amide bonds. The minimum Gasteiger partial charge on any atom is -0.481 e. The monoisotopic (exact) mass is 212 g/mol. The zero-order valence-electron chi connectivity index (χ0n) is 8.53. The highest BCUT2D eigenvalue weighted by Crippen LogP contribution is 1.97. The molecule has 1 aromatic rings. The van der Waals surface area contributed by atoms with E-state index in [1.54, 1.807) is 6.92 Å². The van der Waals surface area contributed by atoms with Crippen LogP contribution in [0.15, 0.2) is 9.59 Å². The lowest BCUT2D eigenvalue weighted by molar-refractivity contribution is -0.136. The van der Waals surface area contributed by atoms with E-state index in [1.807, 2.05) is 0 Å². The molecule has 1 aromatic heterocycles. The van der Waals surface area contributed by atoms with E-state index in [0.717, 1.165) is 4.57 Å². The van der Waals surface area contributed by atoms with Gasteiger partial charge in [0, 0.05) is 17.8 Å². The normalized spacial score (nSPS) is 10.3. The molecule has 0 radical (unpaired) electrons. The van der Waals surface area contributed by atoms with Gasteiger partial charge in [0.2, 0.25) is 0 Å². The number of aryl methyl sites for hydroxylation is 1. The van der Waals surface area contributed by atoms with Gasteiger partial charge in [0.05, 0.1) is 6.42 Å². The Labute approximate surface area is 85.2 Å². The second-order valence-corrected chi connectivity index (χ2v) is 3.15. The van der Waals surface area contributed by atoms with Gasteiger partial charge in [0.25, 0.3) is 5.56 Å². The Hall–Kier alpha value is -1.85. The highest BCUT2D eigenvalue weighted by Gasteiger charge is 2.12. The summed E-state index contributed by atoms with van der Waals surface area (Å²) >= 11 is 0. The lowest BCUT2D eigenvalue weighted by Crippen LogP contribution is -2.38. The SMILES string of the molecule is CCn1c(=O)[nH]c(C)c(CC(=O)O)c1=O. The van der Waals surface area contributed by atoms with Crippen molar-refractivity contribution in [2.45, 2.75) is 26.8 Å². The molecule has 0 saturated carbocycles. The fraction of sp³-hybridized carbons (Fsp3) is 0.444. The molecule has 0 aromatic carbocycles. The highest BCUT2D eigenvalue weighted by atomic mass is 16.4. The van der Waals surface area contributed by atoms with Gasteiger partial charge in [-0.05, 0) is 13.8 Å². The number of carboxylic acid groups (broad SMARTS) is 1. The summed E-state index contributed by atoms with van der Waals surface area (Å²) in [6, 6.07) is 0. The van der Waals surface area contributed by atoms with Crippen LogP contribution in [0.2, 0.25) is 0 Å². The van der Waals surface area contributed by atoms with E-state index < -0.39 is 17.2 Å². The minimum absolute atomic E-state index is 0.129. The van der Waals surface area contributed by atoms with Crippen molar-refractivity contribution < 1.29 is 9.90 Å². The van der Waals surface area contributed by atoms with Gasteiger partial charge in [-0.1, -0.05) is 0 Å². The Balaban J connectivity index is 3.46. The van der Waals surface area contributed by atoms with Crippen LogP contribution in [-0.2, 0) is 17.8 Å². The zero-order valence-corrected chi connectivity index (χ0v) is 8.53. The molecule has 6 heteroatoms. The summed E-state index contributed by atoms with van der Waals surface area (Å²) in [5.41, 5.74) is -0.587. The van der Waals surface area contributed by atoms with E-state index in [0.29, 0.717) is 5.69 Å². The molecular weight excluding hydrogens is 200 g/mol. The van der Waals surface area contributed by atoms with Crippen molar-refractivity contribution in [1.82, 2.24) is 9.55 Å². The van der Waals surface area contributed by atoms with Crippen molar-refractivity contribution in [3.05, 3.63) is 32.1 Å². The van der Waals surface area contributed by atoms with Gasteiger partial charge < -0.3 is 10.1 Å². The number of aromatic nitrogens is 2. The first-order chi connectivity index (χ1) is 6.97. The molecular formula is C9H12N2O4. The van der Waals surface area contributed by atoms with Gasteiger partial charge in [-0.2, -0.15) is 0 Å². The lowest BCUT2D eigenvalue weighted by atomic mass is 10.2. The molecule has 0 saturated heterocycles. The summed E-state index contributed by atoms with van der Waals surface area (Å²) in [7, 11) is 0. The van der Waals surface area contributed by atoms with Crippen LogP contribution in [0.3, 0.4) is 0 Å². The molecule has 0 aliphatic heterocycles. The van der Waals surface area contributed by atoms with Gasteiger partial charge in [-0.25, -0.2) is 4.79 Å². The van der Waals surface area contributed by atoms with E-state index in [9.17, 15) is 14.4 Å². The largest absolute Gasteiger partial charge is 0.481 e. The van der Waals surface area contributed by atoms with Gasteiger partial charge >= 0.3 is 11.7 Å². The molecule has 1 heterocycles. The number of aliphatic carboxylic acids is 1. The number of rotatable bonds is 3. The van der Waals surface area contributed by atoms with Gasteiger partial charge in [-0.3, -0.25) is 14.2 Å². The molecule has 0 fully saturated rings. The fourth-order valence-electron chi connectivity index (χ4n) is 1.37. The first kappa shape index (κ1) is 11.2. The van der Waals surface area contributed by atoms with E-state index in [1.165, 1.54) is 6.92 Å². The number of hydrogen-bond acceptors (Lipinski definition) is 3. The third-order valence-corrected chi connectivity index (χ3v) is 2.14. The molecule has 82 valence electrons. The highest BCUT2D eigenvalue weighted by molar-refractivity contribution is 5.70. The van der Waals surface area contributed by atoms with E-state index in [4.69, 9.17) is 5.11 Å². The van der Waals surface area contributed by atoms with Crippen LogP contribution in [0, 0.1) is 6.92 Å². The summed E-state index contributed by atoms with van der Waals surface area (Å²) in [5, 5.41) is 8.61. The average Bonchev–Trinajstić information content (AvgIpc) is 2.12. The summed E-state index contributed by atoms with van der Waals surface area (Å²) in [6.07, 6.45) is -0.374. The standard InChI is InChI=1S/C9H12N2O4/c1-3-11-8(14)6(4-7(12)13)5(2)10-9(11)15/h3-4H2,1-2H3,(H,10,15)(H,12,13). The molecule has 2 N–H and O–H groups in total. The van der Waals surface area contributed by atoms with Crippen LogP contribution in [0.5, 0.6) is 0 Å². The van der Waals surface area contributed by atoms with Gasteiger partial charge in [0.15, 0.2) is 0 Å². The molecule has 0 aliphatic rings. The maximum Gasteiger partial charge on any atom is 0.328 e. The fourth-order valence-corrected chi connectivity index (χ4v) is 1.37. The third-order valence-electron chi connectivity index (χ3n) is 2.14. The maximum atomic E-state index is 11.7. The van der Waals surface area contributed by atoms with Gasteiger partial charge in [-0.15, -0.1) is 0 Å². The quantitative estimate of drug-likeness (QED) is 0.706. The van der Waals surface area contributed by atoms with Crippen LogP contribution in [0.25, 0.3) is 0 Å². The average molecular weight is 212 g/mol. The predicted molar refractivity (Wildman–Crippen MR) is 53.1 cm³/mol. The Morgan fingerprint density at radius 2 is 2.07 bits per heavy atom. The van der Waals surface area contributed by atoms with Crippen LogP contribution < -0.4 is 11.2 Å². The molecule has 0 bridgehead atoms. The molecule has 0 aliphatic carbocycles. The van der Waals surface area contributed by atoms with E-state index in [2.05, 4.69) is 4.98 Å². The molecule has 0 unspecified atom stereocenters.